The van der Waals surface area contributed by atoms with E-state index in [0.29, 0.717) is 17.4 Å². The van der Waals surface area contributed by atoms with Crippen LogP contribution in [0.4, 0.5) is 5.82 Å². The fraction of sp³-hybridized carbons (Fsp3) is 0.111. The second-order valence-electron chi connectivity index (χ2n) is 5.54. The molecule has 0 aliphatic carbocycles. The number of hydrogen-bond acceptors (Lipinski definition) is 5. The first-order chi connectivity index (χ1) is 11.6. The first-order valence-electron chi connectivity index (χ1n) is 7.46. The van der Waals surface area contributed by atoms with E-state index in [9.17, 15) is 0 Å². The Hall–Kier alpha value is -2.37. The van der Waals surface area contributed by atoms with E-state index >= 15 is 0 Å². The van der Waals surface area contributed by atoms with Crippen LogP contribution in [0.1, 0.15) is 16.2 Å². The van der Waals surface area contributed by atoms with Crippen molar-refractivity contribution < 1.29 is 4.42 Å². The summed E-state index contributed by atoms with van der Waals surface area (Å²) in [6.45, 7) is 1.89. The number of anilines is 1. The SMILES string of the molecule is Cc1ccc(-c2nc(N)c3cc(Cc4ccccc4Cl)sc3n2)o1. The van der Waals surface area contributed by atoms with Gasteiger partial charge in [0.05, 0.1) is 5.39 Å². The van der Waals surface area contributed by atoms with Gasteiger partial charge in [-0.2, -0.15) is 0 Å². The number of halogens is 1. The van der Waals surface area contributed by atoms with Crippen molar-refractivity contribution in [1.29, 1.82) is 0 Å². The lowest BCUT2D eigenvalue weighted by molar-refractivity contribution is 0.544. The Balaban J connectivity index is 1.75. The summed E-state index contributed by atoms with van der Waals surface area (Å²) < 4.78 is 5.60. The molecule has 120 valence electrons. The number of hydrogen-bond donors (Lipinski definition) is 1. The first kappa shape index (κ1) is 15.2. The Morgan fingerprint density at radius 2 is 2.00 bits per heavy atom. The topological polar surface area (TPSA) is 64.9 Å². The molecule has 6 heteroatoms. The van der Waals surface area contributed by atoms with Gasteiger partial charge in [-0.1, -0.05) is 29.8 Å². The fourth-order valence-corrected chi connectivity index (χ4v) is 3.84. The number of thiophene rings is 1. The van der Waals surface area contributed by atoms with Crippen molar-refractivity contribution in [2.45, 2.75) is 13.3 Å². The molecule has 0 aliphatic rings. The van der Waals surface area contributed by atoms with Gasteiger partial charge in [0.15, 0.2) is 11.6 Å². The maximum atomic E-state index is 6.25. The molecular formula is C18H14ClN3OS. The van der Waals surface area contributed by atoms with Crippen molar-refractivity contribution in [2.24, 2.45) is 0 Å². The van der Waals surface area contributed by atoms with Gasteiger partial charge in [-0.15, -0.1) is 11.3 Å². The number of nitrogens with zero attached hydrogens (tertiary/aromatic N) is 2. The smallest absolute Gasteiger partial charge is 0.199 e. The quantitative estimate of drug-likeness (QED) is 0.556. The number of fused-ring (bicyclic) bond motifs is 1. The summed E-state index contributed by atoms with van der Waals surface area (Å²) in [6.07, 6.45) is 0.745. The number of furan rings is 1. The number of rotatable bonds is 3. The largest absolute Gasteiger partial charge is 0.458 e. The minimum atomic E-state index is 0.464. The molecule has 3 heterocycles. The third kappa shape index (κ3) is 2.77. The fourth-order valence-electron chi connectivity index (χ4n) is 2.57. The average molecular weight is 356 g/mol. The van der Waals surface area contributed by atoms with E-state index in [1.54, 1.807) is 11.3 Å². The number of nitrogen functional groups attached to an aromatic ring is 1. The van der Waals surface area contributed by atoms with E-state index in [1.807, 2.05) is 49.4 Å². The number of nitrogens with two attached hydrogens (primary N) is 1. The van der Waals surface area contributed by atoms with Crippen LogP contribution in [-0.4, -0.2) is 9.97 Å². The number of aryl methyl sites for hydroxylation is 1. The van der Waals surface area contributed by atoms with Gasteiger partial charge >= 0.3 is 0 Å². The summed E-state index contributed by atoms with van der Waals surface area (Å²) in [6, 6.07) is 13.6. The highest BCUT2D eigenvalue weighted by atomic mass is 35.5. The van der Waals surface area contributed by atoms with Gasteiger partial charge in [0, 0.05) is 16.3 Å². The summed E-state index contributed by atoms with van der Waals surface area (Å²) in [5.74, 6) is 2.42. The van der Waals surface area contributed by atoms with Gasteiger partial charge in [0.25, 0.3) is 0 Å². The second kappa shape index (κ2) is 5.92. The molecule has 0 radical (unpaired) electrons. The predicted octanol–water partition coefficient (Wildman–Crippen LogP) is 5.09. The molecule has 4 nitrogen and oxygen atoms in total. The van der Waals surface area contributed by atoms with Crippen LogP contribution in [0.3, 0.4) is 0 Å². The lowest BCUT2D eigenvalue weighted by Gasteiger charge is -2.00. The van der Waals surface area contributed by atoms with Crippen LogP contribution in [0.5, 0.6) is 0 Å². The monoisotopic (exact) mass is 355 g/mol. The molecule has 4 rings (SSSR count). The molecule has 0 aliphatic heterocycles. The molecule has 3 aromatic heterocycles. The molecule has 0 spiro atoms. The van der Waals surface area contributed by atoms with E-state index in [-0.39, 0.29) is 0 Å². The van der Waals surface area contributed by atoms with Crippen molar-refractivity contribution >= 4 is 39.0 Å². The lowest BCUT2D eigenvalue weighted by atomic mass is 10.1. The average Bonchev–Trinajstić information content (AvgIpc) is 3.16. The van der Waals surface area contributed by atoms with E-state index in [4.69, 9.17) is 21.8 Å². The van der Waals surface area contributed by atoms with E-state index in [2.05, 4.69) is 9.97 Å². The molecule has 1 aromatic carbocycles. The maximum Gasteiger partial charge on any atom is 0.199 e. The summed E-state index contributed by atoms with van der Waals surface area (Å²) in [7, 11) is 0. The van der Waals surface area contributed by atoms with Crippen LogP contribution in [0, 0.1) is 6.92 Å². The predicted molar refractivity (Wildman–Crippen MR) is 98.5 cm³/mol. The zero-order chi connectivity index (χ0) is 16.7. The van der Waals surface area contributed by atoms with Crippen LogP contribution in [-0.2, 0) is 6.42 Å². The minimum Gasteiger partial charge on any atom is -0.458 e. The summed E-state index contributed by atoms with van der Waals surface area (Å²) in [4.78, 5) is 11.0. The lowest BCUT2D eigenvalue weighted by Crippen LogP contribution is -1.95. The Bertz CT molecular complexity index is 1040. The van der Waals surface area contributed by atoms with Crippen LogP contribution in [0.25, 0.3) is 21.8 Å². The maximum absolute atomic E-state index is 6.25. The summed E-state index contributed by atoms with van der Waals surface area (Å²) in [5, 5.41) is 1.63. The molecule has 0 fully saturated rings. The summed E-state index contributed by atoms with van der Waals surface area (Å²) in [5.41, 5.74) is 7.21. The van der Waals surface area contributed by atoms with Gasteiger partial charge < -0.3 is 10.2 Å². The second-order valence-corrected chi connectivity index (χ2v) is 7.06. The van der Waals surface area contributed by atoms with E-state index in [0.717, 1.165) is 37.9 Å². The summed E-state index contributed by atoms with van der Waals surface area (Å²) >= 11 is 7.85. The molecule has 0 unspecified atom stereocenters. The molecule has 0 atom stereocenters. The van der Waals surface area contributed by atoms with E-state index in [1.165, 1.54) is 0 Å². The third-order valence-electron chi connectivity index (χ3n) is 3.76. The van der Waals surface area contributed by atoms with Crippen LogP contribution in [0.15, 0.2) is 46.9 Å². The zero-order valence-electron chi connectivity index (χ0n) is 12.9. The molecule has 2 N–H and O–H groups in total. The highest BCUT2D eigenvalue weighted by Gasteiger charge is 2.14. The molecule has 0 bridgehead atoms. The Morgan fingerprint density at radius 3 is 2.75 bits per heavy atom. The zero-order valence-corrected chi connectivity index (χ0v) is 14.5. The van der Waals surface area contributed by atoms with Gasteiger partial charge in [-0.3, -0.25) is 0 Å². The Morgan fingerprint density at radius 1 is 1.17 bits per heavy atom. The molecule has 0 amide bonds. The minimum absolute atomic E-state index is 0.464. The van der Waals surface area contributed by atoms with Crippen molar-refractivity contribution in [2.75, 3.05) is 5.73 Å². The normalized spacial score (nSPS) is 11.2. The highest BCUT2D eigenvalue weighted by molar-refractivity contribution is 7.18. The van der Waals surface area contributed by atoms with Crippen LogP contribution in [0.2, 0.25) is 5.02 Å². The van der Waals surface area contributed by atoms with Gasteiger partial charge in [0.2, 0.25) is 0 Å². The molecular weight excluding hydrogens is 342 g/mol. The Kier molecular flexibility index (Phi) is 3.75. The van der Waals surface area contributed by atoms with Crippen molar-refractivity contribution in [3.63, 3.8) is 0 Å². The van der Waals surface area contributed by atoms with Crippen LogP contribution >= 0.6 is 22.9 Å². The Labute approximate surface area is 147 Å². The van der Waals surface area contributed by atoms with Crippen molar-refractivity contribution in [1.82, 2.24) is 9.97 Å². The van der Waals surface area contributed by atoms with Gasteiger partial charge in [-0.05, 0) is 36.8 Å². The van der Waals surface area contributed by atoms with Gasteiger partial charge in [-0.25, -0.2) is 9.97 Å². The molecule has 0 saturated heterocycles. The van der Waals surface area contributed by atoms with Gasteiger partial charge in [0.1, 0.15) is 16.4 Å². The highest BCUT2D eigenvalue weighted by Crippen LogP contribution is 2.32. The van der Waals surface area contributed by atoms with E-state index < -0.39 is 0 Å². The third-order valence-corrected chi connectivity index (χ3v) is 5.15. The first-order valence-corrected chi connectivity index (χ1v) is 8.66. The van der Waals surface area contributed by atoms with Crippen molar-refractivity contribution in [3.05, 3.63) is 63.7 Å². The molecule has 4 aromatic rings. The molecule has 24 heavy (non-hydrogen) atoms. The molecule has 0 saturated carbocycles. The number of benzene rings is 1. The number of aromatic nitrogens is 2. The standard InChI is InChI=1S/C18H14ClN3OS/c1-10-6-7-15(23-10)17-21-16(20)13-9-12(24-18(13)22-17)8-11-4-2-3-5-14(11)19/h2-7,9H,8H2,1H3,(H2,20,21,22). The van der Waals surface area contributed by atoms with Crippen molar-refractivity contribution in [3.8, 4) is 11.6 Å². The van der Waals surface area contributed by atoms with Crippen LogP contribution < -0.4 is 5.73 Å².